The summed E-state index contributed by atoms with van der Waals surface area (Å²) in [5.41, 5.74) is 4.47. The van der Waals surface area contributed by atoms with Gasteiger partial charge < -0.3 is 10.5 Å². The molecule has 0 amide bonds. The van der Waals surface area contributed by atoms with Crippen molar-refractivity contribution in [2.45, 2.75) is 32.8 Å². The molecule has 0 saturated heterocycles. The molecule has 0 aromatic rings. The van der Waals surface area contributed by atoms with E-state index in [-0.39, 0.29) is 6.61 Å². The van der Waals surface area contributed by atoms with E-state index in [0.29, 0.717) is 13.0 Å². The maximum Gasteiger partial charge on any atom is 0.324 e. The van der Waals surface area contributed by atoms with Gasteiger partial charge in [-0.3, -0.25) is 8.98 Å². The molecule has 16 heavy (non-hydrogen) atoms. The predicted octanol–water partition coefficient (Wildman–Crippen LogP) is 0.0233. The molecular formula is C9H19NO5S. The molecule has 6 nitrogen and oxygen atoms in total. The predicted molar refractivity (Wildman–Crippen MR) is 59.3 cm³/mol. The summed E-state index contributed by atoms with van der Waals surface area (Å²) in [5, 5.41) is 0. The van der Waals surface area contributed by atoms with Crippen LogP contribution in [0.3, 0.4) is 0 Å². The molecule has 0 rings (SSSR count). The van der Waals surface area contributed by atoms with Gasteiger partial charge >= 0.3 is 5.97 Å². The topological polar surface area (TPSA) is 95.7 Å². The van der Waals surface area contributed by atoms with Crippen molar-refractivity contribution in [1.82, 2.24) is 0 Å². The Hall–Kier alpha value is -0.660. The van der Waals surface area contributed by atoms with Crippen molar-refractivity contribution < 1.29 is 22.1 Å². The Labute approximate surface area is 96.2 Å². The van der Waals surface area contributed by atoms with Crippen molar-refractivity contribution >= 4 is 16.1 Å². The van der Waals surface area contributed by atoms with Crippen molar-refractivity contribution in [3.63, 3.8) is 0 Å². The van der Waals surface area contributed by atoms with E-state index in [2.05, 4.69) is 4.18 Å². The summed E-state index contributed by atoms with van der Waals surface area (Å²) in [4.78, 5) is 11.2. The third kappa shape index (κ3) is 8.63. The van der Waals surface area contributed by atoms with Crippen LogP contribution in [0.4, 0.5) is 0 Å². The van der Waals surface area contributed by atoms with E-state index in [0.717, 1.165) is 0 Å². The average molecular weight is 253 g/mol. The van der Waals surface area contributed by atoms with Crippen LogP contribution in [0.5, 0.6) is 0 Å². The minimum Gasteiger partial charge on any atom is -0.459 e. The van der Waals surface area contributed by atoms with E-state index in [1.807, 2.05) is 0 Å². The molecule has 0 unspecified atom stereocenters. The first-order chi connectivity index (χ1) is 7.16. The van der Waals surface area contributed by atoms with Gasteiger partial charge in [0.2, 0.25) is 0 Å². The second kappa shape index (κ2) is 6.17. The zero-order valence-electron chi connectivity index (χ0n) is 9.86. The van der Waals surface area contributed by atoms with Crippen molar-refractivity contribution in [1.29, 1.82) is 0 Å². The van der Waals surface area contributed by atoms with Crippen LogP contribution in [0.1, 0.15) is 27.2 Å². The van der Waals surface area contributed by atoms with Crippen LogP contribution < -0.4 is 5.73 Å². The first-order valence-electron chi connectivity index (χ1n) is 4.95. The number of hydrogen-bond donors (Lipinski definition) is 1. The summed E-state index contributed by atoms with van der Waals surface area (Å²) in [6.45, 7) is 5.30. The van der Waals surface area contributed by atoms with Crippen LogP contribution in [0, 0.1) is 0 Å². The van der Waals surface area contributed by atoms with Gasteiger partial charge in [-0.1, -0.05) is 0 Å². The summed E-state index contributed by atoms with van der Waals surface area (Å²) in [7, 11) is -3.86. The van der Waals surface area contributed by atoms with E-state index >= 15 is 0 Å². The molecule has 0 atom stereocenters. The fourth-order valence-electron chi connectivity index (χ4n) is 0.826. The molecular weight excluding hydrogens is 234 g/mol. The summed E-state index contributed by atoms with van der Waals surface area (Å²) in [6.07, 6.45) is 0.424. The number of carbonyl (C=O) groups is 1. The third-order valence-electron chi connectivity index (χ3n) is 1.33. The molecule has 0 spiro atoms. The van der Waals surface area contributed by atoms with Gasteiger partial charge in [0.05, 0.1) is 6.61 Å². The van der Waals surface area contributed by atoms with Gasteiger partial charge in [0, 0.05) is 0 Å². The molecule has 0 saturated carbocycles. The lowest BCUT2D eigenvalue weighted by atomic mass is 10.2. The third-order valence-corrected chi connectivity index (χ3v) is 2.44. The van der Waals surface area contributed by atoms with Gasteiger partial charge in [0.1, 0.15) is 5.60 Å². The first-order valence-corrected chi connectivity index (χ1v) is 6.53. The molecule has 0 aliphatic carbocycles. The molecule has 96 valence electrons. The molecule has 0 bridgehead atoms. The molecule has 7 heteroatoms. The van der Waals surface area contributed by atoms with E-state index < -0.39 is 27.4 Å². The Bertz CT molecular complexity index is 317. The molecule has 0 aromatic carbocycles. The zero-order chi connectivity index (χ0) is 12.8. The standard InChI is InChI=1S/C9H19NO5S/c1-9(2,3)15-8(11)7-16(12,13)14-6-4-5-10/h4-7,10H2,1-3H3. The highest BCUT2D eigenvalue weighted by atomic mass is 32.2. The fraction of sp³-hybridized carbons (Fsp3) is 0.889. The van der Waals surface area contributed by atoms with Gasteiger partial charge in [-0.15, -0.1) is 0 Å². The second-order valence-corrected chi connectivity index (χ2v) is 5.89. The molecule has 0 aromatic heterocycles. The summed E-state index contributed by atoms with van der Waals surface area (Å²) in [5.74, 6) is -1.59. The Morgan fingerprint density at radius 2 is 1.88 bits per heavy atom. The molecule has 0 aliphatic rings. The Morgan fingerprint density at radius 3 is 2.31 bits per heavy atom. The average Bonchev–Trinajstić information content (AvgIpc) is 1.98. The molecule has 0 radical (unpaired) electrons. The summed E-state index contributed by atoms with van der Waals surface area (Å²) < 4.78 is 31.9. The van der Waals surface area contributed by atoms with E-state index in [1.165, 1.54) is 0 Å². The van der Waals surface area contributed by atoms with Gasteiger partial charge in [0.25, 0.3) is 10.1 Å². The molecule has 0 fully saturated rings. The van der Waals surface area contributed by atoms with Crippen LogP contribution in [-0.4, -0.2) is 38.9 Å². The van der Waals surface area contributed by atoms with Gasteiger partial charge in [-0.05, 0) is 33.7 Å². The highest BCUT2D eigenvalue weighted by molar-refractivity contribution is 7.87. The van der Waals surface area contributed by atoms with E-state index in [4.69, 9.17) is 10.5 Å². The maximum atomic E-state index is 11.2. The number of rotatable bonds is 6. The number of carbonyl (C=O) groups excluding carboxylic acids is 1. The monoisotopic (exact) mass is 253 g/mol. The smallest absolute Gasteiger partial charge is 0.324 e. The second-order valence-electron chi connectivity index (χ2n) is 4.25. The Kier molecular flexibility index (Phi) is 5.91. The van der Waals surface area contributed by atoms with Crippen LogP contribution in [0.25, 0.3) is 0 Å². The Morgan fingerprint density at radius 1 is 1.31 bits per heavy atom. The number of hydrogen-bond acceptors (Lipinski definition) is 6. The van der Waals surface area contributed by atoms with Crippen LogP contribution in [-0.2, 0) is 23.8 Å². The normalized spacial score (nSPS) is 12.5. The van der Waals surface area contributed by atoms with Crippen molar-refractivity contribution in [3.8, 4) is 0 Å². The number of nitrogens with two attached hydrogens (primary N) is 1. The summed E-state index contributed by atoms with van der Waals surface area (Å²) >= 11 is 0. The van der Waals surface area contributed by atoms with E-state index in [9.17, 15) is 13.2 Å². The lowest BCUT2D eigenvalue weighted by Crippen LogP contribution is -2.29. The highest BCUT2D eigenvalue weighted by Crippen LogP contribution is 2.08. The SMILES string of the molecule is CC(C)(C)OC(=O)CS(=O)(=O)OCCCN. The lowest BCUT2D eigenvalue weighted by molar-refractivity contribution is -0.151. The highest BCUT2D eigenvalue weighted by Gasteiger charge is 2.23. The summed E-state index contributed by atoms with van der Waals surface area (Å²) in [6, 6.07) is 0. The van der Waals surface area contributed by atoms with Crippen LogP contribution >= 0.6 is 0 Å². The van der Waals surface area contributed by atoms with Gasteiger partial charge in [0.15, 0.2) is 5.75 Å². The maximum absolute atomic E-state index is 11.2. The Balaban J connectivity index is 4.11. The van der Waals surface area contributed by atoms with Gasteiger partial charge in [-0.2, -0.15) is 8.42 Å². The fourth-order valence-corrected chi connectivity index (χ4v) is 1.63. The van der Waals surface area contributed by atoms with Gasteiger partial charge in [-0.25, -0.2) is 0 Å². The van der Waals surface area contributed by atoms with Crippen molar-refractivity contribution in [2.75, 3.05) is 18.9 Å². The van der Waals surface area contributed by atoms with Crippen molar-refractivity contribution in [3.05, 3.63) is 0 Å². The first kappa shape index (κ1) is 15.3. The largest absolute Gasteiger partial charge is 0.459 e. The minimum absolute atomic E-state index is 0.0123. The van der Waals surface area contributed by atoms with Crippen LogP contribution in [0.15, 0.2) is 0 Å². The quantitative estimate of drug-likeness (QED) is 0.407. The lowest BCUT2D eigenvalue weighted by Gasteiger charge is -2.19. The molecule has 0 aliphatic heterocycles. The number of ether oxygens (including phenoxy) is 1. The number of esters is 1. The molecule has 0 heterocycles. The van der Waals surface area contributed by atoms with Crippen molar-refractivity contribution in [2.24, 2.45) is 5.73 Å². The minimum atomic E-state index is -3.86. The van der Waals surface area contributed by atoms with E-state index in [1.54, 1.807) is 20.8 Å². The van der Waals surface area contributed by atoms with Crippen LogP contribution in [0.2, 0.25) is 0 Å². The zero-order valence-corrected chi connectivity index (χ0v) is 10.7. The molecule has 2 N–H and O–H groups in total.